The van der Waals surface area contributed by atoms with Crippen LogP contribution >= 0.6 is 0 Å². The molecule has 0 radical (unpaired) electrons. The second-order valence-electron chi connectivity index (χ2n) is 9.12. The van der Waals surface area contributed by atoms with Crippen LogP contribution in [0, 0.1) is 34.5 Å². The van der Waals surface area contributed by atoms with Crippen LogP contribution in [-0.2, 0) is 4.79 Å². The van der Waals surface area contributed by atoms with E-state index in [1.807, 2.05) is 0 Å². The van der Waals surface area contributed by atoms with Gasteiger partial charge in [-0.25, -0.2) is 0 Å². The zero-order valence-electron chi connectivity index (χ0n) is 13.9. The van der Waals surface area contributed by atoms with Crippen molar-refractivity contribution in [3.05, 3.63) is 0 Å². The van der Waals surface area contributed by atoms with Crippen molar-refractivity contribution in [2.45, 2.75) is 77.4 Å². The fourth-order valence-electron chi connectivity index (χ4n) is 7.13. The van der Waals surface area contributed by atoms with Gasteiger partial charge in [0, 0.05) is 12.3 Å². The predicted octanol–water partition coefficient (Wildman–Crippen LogP) is 2.93. The molecular formula is C19H30O3. The van der Waals surface area contributed by atoms with E-state index in [1.54, 1.807) is 0 Å². The topological polar surface area (TPSA) is 57.5 Å². The summed E-state index contributed by atoms with van der Waals surface area (Å²) in [5, 5.41) is 21.5. The molecule has 0 amide bonds. The Morgan fingerprint density at radius 2 is 1.82 bits per heavy atom. The molecule has 0 spiro atoms. The zero-order chi connectivity index (χ0) is 15.7. The molecule has 3 heteroatoms. The Morgan fingerprint density at radius 3 is 2.59 bits per heavy atom. The van der Waals surface area contributed by atoms with Gasteiger partial charge in [-0.2, -0.15) is 0 Å². The number of hydrogen-bond donors (Lipinski definition) is 2. The molecule has 4 saturated carbocycles. The van der Waals surface area contributed by atoms with Crippen molar-refractivity contribution in [1.82, 2.24) is 0 Å². The summed E-state index contributed by atoms with van der Waals surface area (Å²) in [6.07, 6.45) is 7.01. The average Bonchev–Trinajstić information content (AvgIpc) is 2.78. The van der Waals surface area contributed by atoms with Crippen LogP contribution in [0.2, 0.25) is 0 Å². The fourth-order valence-corrected chi connectivity index (χ4v) is 7.13. The summed E-state index contributed by atoms with van der Waals surface area (Å²) in [6.45, 7) is 4.50. The Kier molecular flexibility index (Phi) is 3.30. The Bertz CT molecular complexity index is 489. The SMILES string of the molecule is C[C@]12CCCC(=O)[C@@H]1CC[C@H]1[C@@H]3[C@@H](O)CC[C@@]3(C)[C@H](O)C[C@@H]12. The smallest absolute Gasteiger partial charge is 0.136 e. The van der Waals surface area contributed by atoms with E-state index in [0.717, 1.165) is 51.4 Å². The van der Waals surface area contributed by atoms with E-state index in [0.29, 0.717) is 17.6 Å². The second-order valence-corrected chi connectivity index (χ2v) is 9.12. The summed E-state index contributed by atoms with van der Waals surface area (Å²) < 4.78 is 0. The van der Waals surface area contributed by atoms with E-state index in [9.17, 15) is 15.0 Å². The van der Waals surface area contributed by atoms with Gasteiger partial charge in [0.05, 0.1) is 12.2 Å². The van der Waals surface area contributed by atoms with Crippen molar-refractivity contribution in [3.63, 3.8) is 0 Å². The normalized spacial score (nSPS) is 57.9. The molecule has 3 nitrogen and oxygen atoms in total. The van der Waals surface area contributed by atoms with Gasteiger partial charge in [-0.1, -0.05) is 13.8 Å². The molecule has 8 atom stereocenters. The third-order valence-electron chi connectivity index (χ3n) is 8.33. The molecule has 0 aromatic rings. The molecule has 22 heavy (non-hydrogen) atoms. The van der Waals surface area contributed by atoms with Gasteiger partial charge in [-0.15, -0.1) is 0 Å². The fraction of sp³-hybridized carbons (Fsp3) is 0.947. The van der Waals surface area contributed by atoms with Crippen molar-refractivity contribution in [2.75, 3.05) is 0 Å². The minimum absolute atomic E-state index is 0.0584. The van der Waals surface area contributed by atoms with E-state index >= 15 is 0 Å². The highest BCUT2D eigenvalue weighted by molar-refractivity contribution is 5.82. The highest BCUT2D eigenvalue weighted by Gasteiger charge is 2.63. The molecule has 0 aliphatic heterocycles. The first-order chi connectivity index (χ1) is 10.4. The highest BCUT2D eigenvalue weighted by atomic mass is 16.3. The lowest BCUT2D eigenvalue weighted by Crippen LogP contribution is -2.59. The number of Topliss-reactive ketones (excluding diaryl/α,β-unsaturated/α-hetero) is 1. The van der Waals surface area contributed by atoms with E-state index in [2.05, 4.69) is 13.8 Å². The van der Waals surface area contributed by atoms with Crippen molar-refractivity contribution < 1.29 is 15.0 Å². The first-order valence-electron chi connectivity index (χ1n) is 9.27. The standard InChI is InChI=1S/C19H30O3/c1-18-8-3-4-14(20)12(18)6-5-11-13(18)10-16(22)19(2)9-7-15(21)17(11)19/h11-13,15-17,21-22H,3-10H2,1-2H3/t11-,12+,13+,15+,16-,17-,18+,19+/m1/s1. The lowest BCUT2D eigenvalue weighted by Gasteiger charge is -2.60. The van der Waals surface area contributed by atoms with Gasteiger partial charge in [0.25, 0.3) is 0 Å². The van der Waals surface area contributed by atoms with Crippen molar-refractivity contribution in [2.24, 2.45) is 34.5 Å². The Hall–Kier alpha value is -0.410. The number of hydrogen-bond acceptors (Lipinski definition) is 3. The summed E-state index contributed by atoms with van der Waals surface area (Å²) in [7, 11) is 0. The minimum atomic E-state index is -0.316. The highest BCUT2D eigenvalue weighted by Crippen LogP contribution is 2.65. The number of fused-ring (bicyclic) bond motifs is 5. The van der Waals surface area contributed by atoms with Crippen LogP contribution in [0.5, 0.6) is 0 Å². The lowest BCUT2D eigenvalue weighted by atomic mass is 9.44. The lowest BCUT2D eigenvalue weighted by molar-refractivity contribution is -0.173. The van der Waals surface area contributed by atoms with E-state index in [4.69, 9.17) is 0 Å². The molecule has 0 heterocycles. The van der Waals surface area contributed by atoms with Crippen LogP contribution in [0.25, 0.3) is 0 Å². The zero-order valence-corrected chi connectivity index (χ0v) is 13.9. The van der Waals surface area contributed by atoms with Crippen LogP contribution in [-0.4, -0.2) is 28.2 Å². The number of carbonyl (C=O) groups excluding carboxylic acids is 1. The summed E-state index contributed by atoms with van der Waals surface area (Å²) in [6, 6.07) is 0. The van der Waals surface area contributed by atoms with Gasteiger partial charge in [-0.3, -0.25) is 4.79 Å². The quantitative estimate of drug-likeness (QED) is 0.723. The minimum Gasteiger partial charge on any atom is -0.393 e. The Morgan fingerprint density at radius 1 is 1.05 bits per heavy atom. The molecule has 4 rings (SSSR count). The molecule has 4 aliphatic rings. The predicted molar refractivity (Wildman–Crippen MR) is 84.1 cm³/mol. The number of ketones is 1. The number of carbonyl (C=O) groups is 1. The summed E-state index contributed by atoms with van der Waals surface area (Å²) in [4.78, 5) is 12.4. The number of aliphatic hydroxyl groups excluding tert-OH is 2. The van der Waals surface area contributed by atoms with Crippen molar-refractivity contribution >= 4 is 5.78 Å². The number of aliphatic hydroxyl groups is 2. The second kappa shape index (κ2) is 4.80. The molecule has 124 valence electrons. The van der Waals surface area contributed by atoms with Crippen LogP contribution in [0.3, 0.4) is 0 Å². The van der Waals surface area contributed by atoms with E-state index < -0.39 is 0 Å². The van der Waals surface area contributed by atoms with Crippen molar-refractivity contribution in [1.29, 1.82) is 0 Å². The van der Waals surface area contributed by atoms with E-state index in [-0.39, 0.29) is 34.9 Å². The van der Waals surface area contributed by atoms with Gasteiger partial charge in [0.2, 0.25) is 0 Å². The van der Waals surface area contributed by atoms with Gasteiger partial charge < -0.3 is 10.2 Å². The van der Waals surface area contributed by atoms with Gasteiger partial charge in [0.15, 0.2) is 0 Å². The average molecular weight is 306 g/mol. The number of rotatable bonds is 0. The molecule has 0 saturated heterocycles. The van der Waals surface area contributed by atoms with Gasteiger partial charge in [-0.05, 0) is 73.5 Å². The van der Waals surface area contributed by atoms with Crippen LogP contribution in [0.15, 0.2) is 0 Å². The summed E-state index contributed by atoms with van der Waals surface area (Å²) >= 11 is 0. The molecule has 0 aromatic heterocycles. The first kappa shape index (κ1) is 15.1. The van der Waals surface area contributed by atoms with Gasteiger partial charge >= 0.3 is 0 Å². The molecular weight excluding hydrogens is 276 g/mol. The maximum Gasteiger partial charge on any atom is 0.136 e. The van der Waals surface area contributed by atoms with Crippen molar-refractivity contribution in [3.8, 4) is 0 Å². The van der Waals surface area contributed by atoms with E-state index in [1.165, 1.54) is 0 Å². The molecule has 0 unspecified atom stereocenters. The van der Waals surface area contributed by atoms with Gasteiger partial charge in [0.1, 0.15) is 5.78 Å². The molecule has 0 bridgehead atoms. The first-order valence-corrected chi connectivity index (χ1v) is 9.27. The molecule has 4 fully saturated rings. The maximum atomic E-state index is 12.4. The monoisotopic (exact) mass is 306 g/mol. The summed E-state index contributed by atoms with van der Waals surface area (Å²) in [5.41, 5.74) is -0.0503. The molecule has 0 aromatic carbocycles. The largest absolute Gasteiger partial charge is 0.393 e. The molecule has 2 N–H and O–H groups in total. The summed E-state index contributed by atoms with van der Waals surface area (Å²) in [5.74, 6) is 1.81. The third-order valence-corrected chi connectivity index (χ3v) is 8.33. The third kappa shape index (κ3) is 1.78. The molecule has 4 aliphatic carbocycles. The van der Waals surface area contributed by atoms with Crippen LogP contribution < -0.4 is 0 Å². The maximum absolute atomic E-state index is 12.4. The Labute approximate surface area is 133 Å². The Balaban J connectivity index is 1.72. The van der Waals surface area contributed by atoms with Crippen LogP contribution in [0.1, 0.15) is 65.2 Å². The van der Waals surface area contributed by atoms with Crippen LogP contribution in [0.4, 0.5) is 0 Å².